The van der Waals surface area contributed by atoms with Crippen LogP contribution >= 0.6 is 0 Å². The molecular weight excluding hydrogens is 773 g/mol. The normalized spacial score (nSPS) is 37.7. The van der Waals surface area contributed by atoms with E-state index in [0.717, 1.165) is 83.0 Å². The number of fused-ring (bicyclic) bond motifs is 5. The van der Waals surface area contributed by atoms with Crippen molar-refractivity contribution in [3.05, 3.63) is 18.2 Å². The quantitative estimate of drug-likeness (QED) is 0.108. The Hall–Kier alpha value is -3.58. The zero-order chi connectivity index (χ0) is 43.7. The van der Waals surface area contributed by atoms with E-state index in [9.17, 15) is 29.4 Å². The van der Waals surface area contributed by atoms with Gasteiger partial charge in [0.2, 0.25) is 11.9 Å². The lowest BCUT2D eigenvalue weighted by atomic mass is 9.44. The van der Waals surface area contributed by atoms with Crippen LogP contribution in [0.15, 0.2) is 18.2 Å². The number of hydrogen-bond acceptors (Lipinski definition) is 12. The maximum absolute atomic E-state index is 13.3. The van der Waals surface area contributed by atoms with Gasteiger partial charge in [-0.1, -0.05) is 53.9 Å². The molecule has 0 bridgehead atoms. The molecule has 1 aliphatic heterocycles. The van der Waals surface area contributed by atoms with Crippen molar-refractivity contribution in [2.45, 2.75) is 176 Å². The second kappa shape index (κ2) is 18.4. The Kier molecular flexibility index (Phi) is 14.1. The standard InChI is InChI=1S/C47H69O13/c1-26(2)11-10-12-27(3)36-16-17-37-35-15-13-32-23-33(19-21-45(32,8)38(35)20-22-46(36,37)9)58-40-24-34(14-18-39(40)52)59-47(53)44(57-31(7)51)43(56-30(6)50)42(55-29(5)49)41(60-47)25-54-28(4)48/h14,18,24,26-27,32-33,35-38,41-44,53H,10-13,15-17,19-23,25H2,1-9H3/t27-,32?,33?,35?,36-,37?,38?,41-,42-,43+,44-,45+,46-,47+/m1/s1. The molecule has 0 aromatic heterocycles. The first kappa shape index (κ1) is 45.9. The average Bonchev–Trinajstić information content (AvgIpc) is 3.52. The van der Waals surface area contributed by atoms with E-state index in [4.69, 9.17) is 33.2 Å². The Labute approximate surface area is 355 Å². The smallest absolute Gasteiger partial charge is 0.368 e. The van der Waals surface area contributed by atoms with Crippen LogP contribution in [-0.4, -0.2) is 72.1 Å². The second-order valence-corrected chi connectivity index (χ2v) is 19.7. The van der Waals surface area contributed by atoms with E-state index in [2.05, 4.69) is 34.6 Å². The first-order valence-corrected chi connectivity index (χ1v) is 22.5. The van der Waals surface area contributed by atoms with Gasteiger partial charge in [0.05, 0.1) is 6.10 Å². The minimum Gasteiger partial charge on any atom is -0.486 e. The summed E-state index contributed by atoms with van der Waals surface area (Å²) in [6.45, 7) is 16.2. The summed E-state index contributed by atoms with van der Waals surface area (Å²) in [4.78, 5) is 48.6. The van der Waals surface area contributed by atoms with E-state index >= 15 is 0 Å². The SMILES string of the molecule is CC(=O)OC[C@H]1O[C@@](O)(Oc2ccc([O])c(OC3CC[C@@]4(C)C(CCC5C4CC[C@@]4(C)C5CC[C@@H]4[C@H](C)CCCC(C)C)C3)c2)[C@H](OC(C)=O)[C@@H](OC(C)=O)[C@@H]1OC(C)=O. The minimum atomic E-state index is -2.89. The fourth-order valence-corrected chi connectivity index (χ4v) is 12.7. The van der Waals surface area contributed by atoms with Gasteiger partial charge in [0.25, 0.3) is 0 Å². The van der Waals surface area contributed by atoms with Crippen LogP contribution in [0.2, 0.25) is 0 Å². The van der Waals surface area contributed by atoms with Crippen molar-refractivity contribution in [2.24, 2.45) is 52.3 Å². The molecule has 1 radical (unpaired) electrons. The van der Waals surface area contributed by atoms with Crippen LogP contribution in [0.5, 0.6) is 17.2 Å². The van der Waals surface area contributed by atoms with Gasteiger partial charge in [-0.05, 0) is 122 Å². The number of rotatable bonds is 14. The largest absolute Gasteiger partial charge is 0.486 e. The minimum absolute atomic E-state index is 0.0250. The van der Waals surface area contributed by atoms with Crippen molar-refractivity contribution in [3.63, 3.8) is 0 Å². The third kappa shape index (κ3) is 9.72. The molecule has 14 atom stereocenters. The van der Waals surface area contributed by atoms with Gasteiger partial charge >= 0.3 is 29.9 Å². The van der Waals surface area contributed by atoms with Crippen molar-refractivity contribution in [1.82, 2.24) is 0 Å². The molecule has 1 N–H and O–H groups in total. The fourth-order valence-electron chi connectivity index (χ4n) is 12.7. The van der Waals surface area contributed by atoms with E-state index in [-0.39, 0.29) is 28.8 Å². The molecule has 4 aliphatic carbocycles. The van der Waals surface area contributed by atoms with Gasteiger partial charge in [-0.3, -0.25) is 24.3 Å². The highest BCUT2D eigenvalue weighted by molar-refractivity contribution is 5.69. The molecule has 60 heavy (non-hydrogen) atoms. The molecule has 1 aromatic rings. The summed E-state index contributed by atoms with van der Waals surface area (Å²) in [5.41, 5.74) is 0.650. The third-order valence-electron chi connectivity index (χ3n) is 15.3. The molecule has 5 fully saturated rings. The van der Waals surface area contributed by atoms with Crippen molar-refractivity contribution in [1.29, 1.82) is 0 Å². The van der Waals surface area contributed by atoms with E-state index in [0.29, 0.717) is 17.3 Å². The zero-order valence-corrected chi connectivity index (χ0v) is 37.2. The Morgan fingerprint density at radius 2 is 1.47 bits per heavy atom. The summed E-state index contributed by atoms with van der Waals surface area (Å²) < 4.78 is 39.7. The monoisotopic (exact) mass is 841 g/mol. The molecule has 335 valence electrons. The van der Waals surface area contributed by atoms with Crippen molar-refractivity contribution >= 4 is 23.9 Å². The van der Waals surface area contributed by atoms with E-state index in [1.54, 1.807) is 0 Å². The van der Waals surface area contributed by atoms with Gasteiger partial charge < -0.3 is 38.3 Å². The molecule has 1 saturated heterocycles. The highest BCUT2D eigenvalue weighted by atomic mass is 16.9. The Morgan fingerprint density at radius 3 is 2.13 bits per heavy atom. The van der Waals surface area contributed by atoms with Crippen LogP contribution < -0.4 is 9.47 Å². The van der Waals surface area contributed by atoms with Gasteiger partial charge in [0.1, 0.15) is 18.5 Å². The molecule has 4 saturated carbocycles. The summed E-state index contributed by atoms with van der Waals surface area (Å²) in [5, 5.41) is 25.3. The fraction of sp³-hybridized carbons (Fsp3) is 0.787. The predicted octanol–water partition coefficient (Wildman–Crippen LogP) is 8.48. The second-order valence-electron chi connectivity index (χ2n) is 19.7. The van der Waals surface area contributed by atoms with Gasteiger partial charge in [-0.15, -0.1) is 0 Å². The first-order chi connectivity index (χ1) is 28.2. The van der Waals surface area contributed by atoms with Gasteiger partial charge in [0, 0.05) is 33.8 Å². The van der Waals surface area contributed by atoms with Gasteiger partial charge in [-0.25, -0.2) is 0 Å². The van der Waals surface area contributed by atoms with E-state index in [1.807, 2.05) is 0 Å². The van der Waals surface area contributed by atoms with Crippen LogP contribution in [0.25, 0.3) is 0 Å². The Morgan fingerprint density at radius 1 is 0.800 bits per heavy atom. The third-order valence-corrected chi connectivity index (χ3v) is 15.3. The van der Waals surface area contributed by atoms with Gasteiger partial charge in [0.15, 0.2) is 18.0 Å². The zero-order valence-electron chi connectivity index (χ0n) is 37.2. The number of aliphatic hydroxyl groups is 1. The first-order valence-electron chi connectivity index (χ1n) is 22.5. The van der Waals surface area contributed by atoms with Gasteiger partial charge in [-0.2, -0.15) is 0 Å². The molecule has 1 heterocycles. The number of benzene rings is 1. The molecular formula is C47H69O13. The predicted molar refractivity (Wildman–Crippen MR) is 218 cm³/mol. The maximum atomic E-state index is 13.3. The number of hydrogen-bond donors (Lipinski definition) is 1. The number of ether oxygens (including phenoxy) is 7. The Balaban J connectivity index is 1.16. The summed E-state index contributed by atoms with van der Waals surface area (Å²) in [6.07, 6.45) is 7.70. The van der Waals surface area contributed by atoms with Crippen LogP contribution in [0.4, 0.5) is 0 Å². The van der Waals surface area contributed by atoms with E-state index in [1.165, 1.54) is 69.6 Å². The number of esters is 4. The Bertz CT molecular complexity index is 1710. The van der Waals surface area contributed by atoms with Crippen LogP contribution in [-0.2, 0) is 48.0 Å². The van der Waals surface area contributed by atoms with Crippen molar-refractivity contribution in [2.75, 3.05) is 6.61 Å². The molecule has 0 amide bonds. The molecule has 5 unspecified atom stereocenters. The number of carbonyl (C=O) groups is 4. The molecule has 5 aliphatic rings. The summed E-state index contributed by atoms with van der Waals surface area (Å²) in [5.74, 6) is -1.53. The van der Waals surface area contributed by atoms with Crippen molar-refractivity contribution in [3.8, 4) is 17.2 Å². The molecule has 13 heteroatoms. The van der Waals surface area contributed by atoms with Crippen LogP contribution in [0.1, 0.15) is 139 Å². The van der Waals surface area contributed by atoms with Crippen molar-refractivity contribution < 1.29 is 62.5 Å². The lowest BCUT2D eigenvalue weighted by molar-refractivity contribution is -0.421. The molecule has 0 spiro atoms. The summed E-state index contributed by atoms with van der Waals surface area (Å²) >= 11 is 0. The van der Waals surface area contributed by atoms with E-state index < -0.39 is 60.9 Å². The average molecular weight is 842 g/mol. The topological polar surface area (TPSA) is 173 Å². The highest BCUT2D eigenvalue weighted by Gasteiger charge is 2.63. The summed E-state index contributed by atoms with van der Waals surface area (Å²) in [6, 6.07) is 3.90. The number of carbonyl (C=O) groups excluding carboxylic acids is 4. The molecule has 13 nitrogen and oxygen atoms in total. The maximum Gasteiger partial charge on any atom is 0.368 e. The molecule has 6 rings (SSSR count). The van der Waals surface area contributed by atoms with Crippen LogP contribution in [0, 0.1) is 52.3 Å². The van der Waals surface area contributed by atoms with Crippen LogP contribution in [0.3, 0.4) is 0 Å². The lowest BCUT2D eigenvalue weighted by Gasteiger charge is -2.61. The lowest BCUT2D eigenvalue weighted by Crippen LogP contribution is -2.70. The summed E-state index contributed by atoms with van der Waals surface area (Å²) in [7, 11) is 0. The highest BCUT2D eigenvalue weighted by Crippen LogP contribution is 2.68. The molecule has 1 aromatic carbocycles.